The summed E-state index contributed by atoms with van der Waals surface area (Å²) in [5, 5.41) is 0.219. The number of carbonyl (C=O) groups excluding carboxylic acids is 2. The predicted molar refractivity (Wildman–Crippen MR) is 96.4 cm³/mol. The Morgan fingerprint density at radius 2 is 1.88 bits per heavy atom. The topological polar surface area (TPSA) is 89.2 Å². The maximum absolute atomic E-state index is 12.5. The molecular weight excluding hydrogens is 336 g/mol. The second-order valence-corrected chi connectivity index (χ2v) is 6.47. The van der Waals surface area contributed by atoms with E-state index in [-0.39, 0.29) is 28.1 Å². The summed E-state index contributed by atoms with van der Waals surface area (Å²) in [4.78, 5) is 35.0. The third kappa shape index (κ3) is 3.72. The number of rotatable bonds is 5. The molecule has 126 valence electrons. The minimum atomic E-state index is -0.333. The zero-order chi connectivity index (χ0) is 17.8. The first-order valence-corrected chi connectivity index (χ1v) is 8.38. The molecule has 1 amide bonds. The van der Waals surface area contributed by atoms with Crippen molar-refractivity contribution in [3.8, 4) is 0 Å². The fraction of sp³-hybridized carbons (Fsp3) is 0.111. The zero-order valence-electron chi connectivity index (χ0n) is 13.5. The average molecular weight is 352 g/mol. The third-order valence-electron chi connectivity index (χ3n) is 3.60. The summed E-state index contributed by atoms with van der Waals surface area (Å²) in [6, 6.07) is 12.9. The molecule has 0 atom stereocenters. The number of ketones is 1. The van der Waals surface area contributed by atoms with E-state index in [4.69, 9.17) is 5.73 Å². The summed E-state index contributed by atoms with van der Waals surface area (Å²) in [7, 11) is 1.72. The molecule has 0 spiro atoms. The van der Waals surface area contributed by atoms with Gasteiger partial charge in [-0.05, 0) is 17.7 Å². The highest BCUT2D eigenvalue weighted by atomic mass is 32.1. The van der Waals surface area contributed by atoms with Gasteiger partial charge in [0.2, 0.25) is 5.78 Å². The van der Waals surface area contributed by atoms with E-state index in [1.807, 2.05) is 30.3 Å². The standard InChI is InChI=1S/C18H16N4O2S/c1-22(11-12-6-3-2-4-7-12)18(24)14-10-21-17(25-14)15(23)13-8-5-9-20-16(13)19/h2-10H,11H2,1H3,(H2,19,20). The van der Waals surface area contributed by atoms with Crippen LogP contribution in [0.4, 0.5) is 5.82 Å². The van der Waals surface area contributed by atoms with Crippen LogP contribution in [-0.2, 0) is 6.54 Å². The minimum Gasteiger partial charge on any atom is -0.383 e. The summed E-state index contributed by atoms with van der Waals surface area (Å²) in [6.07, 6.45) is 2.94. The lowest BCUT2D eigenvalue weighted by Gasteiger charge is -2.15. The van der Waals surface area contributed by atoms with Crippen molar-refractivity contribution < 1.29 is 9.59 Å². The highest BCUT2D eigenvalue weighted by Crippen LogP contribution is 2.21. The minimum absolute atomic E-state index is 0.150. The van der Waals surface area contributed by atoms with Crippen molar-refractivity contribution in [1.82, 2.24) is 14.9 Å². The highest BCUT2D eigenvalue weighted by molar-refractivity contribution is 7.15. The van der Waals surface area contributed by atoms with Crippen LogP contribution in [0.5, 0.6) is 0 Å². The van der Waals surface area contributed by atoms with Gasteiger partial charge in [0.25, 0.3) is 5.91 Å². The van der Waals surface area contributed by atoms with Crippen molar-refractivity contribution in [2.75, 3.05) is 12.8 Å². The number of aromatic nitrogens is 2. The number of anilines is 1. The van der Waals surface area contributed by atoms with Gasteiger partial charge in [0.1, 0.15) is 10.7 Å². The molecule has 3 aromatic rings. The van der Waals surface area contributed by atoms with Crippen LogP contribution in [0.2, 0.25) is 0 Å². The molecule has 7 heteroatoms. The molecule has 1 aromatic carbocycles. The first-order chi connectivity index (χ1) is 12.1. The number of hydrogen-bond acceptors (Lipinski definition) is 6. The van der Waals surface area contributed by atoms with Gasteiger partial charge in [-0.3, -0.25) is 9.59 Å². The molecule has 0 aliphatic carbocycles. The van der Waals surface area contributed by atoms with Crippen LogP contribution in [0.15, 0.2) is 54.9 Å². The average Bonchev–Trinajstić information content (AvgIpc) is 3.12. The van der Waals surface area contributed by atoms with Gasteiger partial charge in [-0.2, -0.15) is 0 Å². The number of hydrogen-bond donors (Lipinski definition) is 1. The number of carbonyl (C=O) groups is 2. The Hall–Kier alpha value is -3.06. The smallest absolute Gasteiger partial charge is 0.265 e. The molecule has 0 aliphatic heterocycles. The molecular formula is C18H16N4O2S. The first-order valence-electron chi connectivity index (χ1n) is 7.56. The molecule has 2 heterocycles. The molecule has 25 heavy (non-hydrogen) atoms. The Morgan fingerprint density at radius 3 is 2.60 bits per heavy atom. The Morgan fingerprint density at radius 1 is 1.12 bits per heavy atom. The third-order valence-corrected chi connectivity index (χ3v) is 4.59. The van der Waals surface area contributed by atoms with Gasteiger partial charge in [0, 0.05) is 19.8 Å². The SMILES string of the molecule is CN(Cc1ccccc1)C(=O)c1cnc(C(=O)c2cccnc2N)s1. The van der Waals surface area contributed by atoms with E-state index >= 15 is 0 Å². The van der Waals surface area contributed by atoms with Gasteiger partial charge in [-0.1, -0.05) is 30.3 Å². The van der Waals surface area contributed by atoms with Crippen LogP contribution < -0.4 is 5.73 Å². The van der Waals surface area contributed by atoms with Crippen molar-refractivity contribution in [3.63, 3.8) is 0 Å². The molecule has 0 saturated carbocycles. The highest BCUT2D eigenvalue weighted by Gasteiger charge is 2.21. The summed E-state index contributed by atoms with van der Waals surface area (Å²) in [6.45, 7) is 0.483. The number of nitrogens with two attached hydrogens (primary N) is 1. The first kappa shape index (κ1) is 16.8. The molecule has 6 nitrogen and oxygen atoms in total. The van der Waals surface area contributed by atoms with Crippen molar-refractivity contribution in [2.45, 2.75) is 6.54 Å². The van der Waals surface area contributed by atoms with Crippen molar-refractivity contribution in [1.29, 1.82) is 0 Å². The van der Waals surface area contributed by atoms with E-state index in [1.165, 1.54) is 12.4 Å². The second kappa shape index (κ2) is 7.23. The van der Waals surface area contributed by atoms with Crippen molar-refractivity contribution in [3.05, 3.63) is 75.9 Å². The van der Waals surface area contributed by atoms with Crippen LogP contribution >= 0.6 is 11.3 Å². The van der Waals surface area contributed by atoms with Gasteiger partial charge in [0.15, 0.2) is 5.01 Å². The van der Waals surface area contributed by atoms with Gasteiger partial charge in [-0.15, -0.1) is 11.3 Å². The van der Waals surface area contributed by atoms with Crippen LogP contribution in [0.1, 0.15) is 30.6 Å². The summed E-state index contributed by atoms with van der Waals surface area (Å²) in [5.74, 6) is -0.364. The normalized spacial score (nSPS) is 10.4. The molecule has 0 bridgehead atoms. The molecule has 0 unspecified atom stereocenters. The molecule has 0 aliphatic rings. The van der Waals surface area contributed by atoms with Gasteiger partial charge in [-0.25, -0.2) is 9.97 Å². The molecule has 3 rings (SSSR count). The predicted octanol–water partition coefficient (Wildman–Crippen LogP) is 2.62. The summed E-state index contributed by atoms with van der Waals surface area (Å²) in [5.41, 5.74) is 7.04. The van der Waals surface area contributed by atoms with Crippen LogP contribution in [0.3, 0.4) is 0 Å². The molecule has 0 fully saturated rings. The Labute approximate surface area is 149 Å². The Balaban J connectivity index is 1.75. The second-order valence-electron chi connectivity index (χ2n) is 5.44. The van der Waals surface area contributed by atoms with E-state index in [0.29, 0.717) is 11.4 Å². The molecule has 0 saturated heterocycles. The van der Waals surface area contributed by atoms with Gasteiger partial charge >= 0.3 is 0 Å². The molecule has 2 N–H and O–H groups in total. The monoisotopic (exact) mass is 352 g/mol. The lowest BCUT2D eigenvalue weighted by molar-refractivity contribution is 0.0789. The van der Waals surface area contributed by atoms with Crippen LogP contribution in [0.25, 0.3) is 0 Å². The van der Waals surface area contributed by atoms with E-state index in [9.17, 15) is 9.59 Å². The summed E-state index contributed by atoms with van der Waals surface area (Å²) >= 11 is 1.06. The van der Waals surface area contributed by atoms with Crippen LogP contribution in [-0.4, -0.2) is 33.6 Å². The fourth-order valence-corrected chi connectivity index (χ4v) is 3.18. The number of nitrogens with zero attached hydrogens (tertiary/aromatic N) is 3. The maximum Gasteiger partial charge on any atom is 0.265 e. The van der Waals surface area contributed by atoms with Gasteiger partial charge < -0.3 is 10.6 Å². The number of pyridine rings is 1. The maximum atomic E-state index is 12.5. The van der Waals surface area contributed by atoms with Crippen molar-refractivity contribution in [2.24, 2.45) is 0 Å². The quantitative estimate of drug-likeness (QED) is 0.713. The zero-order valence-corrected chi connectivity index (χ0v) is 14.4. The van der Waals surface area contributed by atoms with E-state index in [2.05, 4.69) is 9.97 Å². The lowest BCUT2D eigenvalue weighted by atomic mass is 10.2. The number of thiazole rings is 1. The lowest BCUT2D eigenvalue weighted by Crippen LogP contribution is -2.25. The van der Waals surface area contributed by atoms with E-state index in [0.717, 1.165) is 16.9 Å². The Kier molecular flexibility index (Phi) is 4.85. The van der Waals surface area contributed by atoms with E-state index in [1.54, 1.807) is 24.1 Å². The number of benzene rings is 1. The number of nitrogen functional groups attached to an aromatic ring is 1. The summed E-state index contributed by atoms with van der Waals surface area (Å²) < 4.78 is 0. The van der Waals surface area contributed by atoms with Crippen molar-refractivity contribution >= 4 is 28.8 Å². The van der Waals surface area contributed by atoms with Crippen LogP contribution in [0, 0.1) is 0 Å². The number of amides is 1. The van der Waals surface area contributed by atoms with E-state index < -0.39 is 0 Å². The largest absolute Gasteiger partial charge is 0.383 e. The fourth-order valence-electron chi connectivity index (χ4n) is 2.32. The van der Waals surface area contributed by atoms with Gasteiger partial charge in [0.05, 0.1) is 11.8 Å². The molecule has 0 radical (unpaired) electrons. The molecule has 2 aromatic heterocycles. The Bertz CT molecular complexity index is 908.